The molecule has 6 nitrogen and oxygen atoms in total. The first-order valence-electron chi connectivity index (χ1n) is 6.40. The number of sulfonamides is 1. The first kappa shape index (κ1) is 18.3. The molecule has 1 amide bonds. The minimum atomic E-state index is -3.68. The summed E-state index contributed by atoms with van der Waals surface area (Å²) < 4.78 is 30.2. The number of halogens is 1. The fraction of sp³-hybridized carbons (Fsp3) is 0.357. The highest BCUT2D eigenvalue weighted by atomic mass is 35.5. The van der Waals surface area contributed by atoms with Gasteiger partial charge in [0.05, 0.1) is 19.1 Å². The number of methoxy groups -OCH3 is 1. The molecule has 0 aliphatic carbocycles. The Morgan fingerprint density at radius 3 is 2.64 bits per heavy atom. The quantitative estimate of drug-likeness (QED) is 0.763. The van der Waals surface area contributed by atoms with Gasteiger partial charge in [-0.25, -0.2) is 8.42 Å². The van der Waals surface area contributed by atoms with Crippen molar-refractivity contribution >= 4 is 33.2 Å². The van der Waals surface area contributed by atoms with Gasteiger partial charge in [-0.15, -0.1) is 6.58 Å². The summed E-state index contributed by atoms with van der Waals surface area (Å²) in [7, 11) is -2.27. The van der Waals surface area contributed by atoms with Crippen molar-refractivity contribution in [1.82, 2.24) is 5.32 Å². The number of ether oxygens (including phenoxy) is 1. The van der Waals surface area contributed by atoms with Crippen molar-refractivity contribution < 1.29 is 17.9 Å². The van der Waals surface area contributed by atoms with Crippen LogP contribution in [0, 0.1) is 6.92 Å². The number of amides is 1. The van der Waals surface area contributed by atoms with E-state index in [1.165, 1.54) is 19.3 Å². The van der Waals surface area contributed by atoms with E-state index >= 15 is 0 Å². The molecule has 0 saturated heterocycles. The van der Waals surface area contributed by atoms with E-state index < -0.39 is 15.9 Å². The SMILES string of the molecule is C=CCNC(=O)CN(c1cc(C)c(Cl)cc1OC)S(C)(=O)=O. The van der Waals surface area contributed by atoms with Crippen LogP contribution in [0.5, 0.6) is 5.75 Å². The van der Waals surface area contributed by atoms with E-state index in [1.54, 1.807) is 13.0 Å². The first-order valence-corrected chi connectivity index (χ1v) is 8.62. The van der Waals surface area contributed by atoms with E-state index in [2.05, 4.69) is 11.9 Å². The first-order chi connectivity index (χ1) is 10.2. The fourth-order valence-corrected chi connectivity index (χ4v) is 2.77. The van der Waals surface area contributed by atoms with Gasteiger partial charge in [-0.3, -0.25) is 9.10 Å². The molecule has 0 fully saturated rings. The van der Waals surface area contributed by atoms with Crippen molar-refractivity contribution in [2.45, 2.75) is 6.92 Å². The number of nitrogens with one attached hydrogen (secondary N) is 1. The number of hydrogen-bond acceptors (Lipinski definition) is 4. The van der Waals surface area contributed by atoms with Gasteiger partial charge in [-0.2, -0.15) is 0 Å². The van der Waals surface area contributed by atoms with E-state index in [-0.39, 0.29) is 24.5 Å². The normalized spacial score (nSPS) is 10.9. The van der Waals surface area contributed by atoms with E-state index in [9.17, 15) is 13.2 Å². The van der Waals surface area contributed by atoms with Gasteiger partial charge in [0.1, 0.15) is 12.3 Å². The topological polar surface area (TPSA) is 75.7 Å². The number of anilines is 1. The van der Waals surface area contributed by atoms with Crippen LogP contribution >= 0.6 is 11.6 Å². The number of carbonyl (C=O) groups is 1. The van der Waals surface area contributed by atoms with Crippen LogP contribution in [-0.4, -0.2) is 40.8 Å². The largest absolute Gasteiger partial charge is 0.494 e. The summed E-state index contributed by atoms with van der Waals surface area (Å²) in [5.41, 5.74) is 0.943. The number of carbonyl (C=O) groups excluding carboxylic acids is 1. The molecule has 22 heavy (non-hydrogen) atoms. The standard InChI is InChI=1S/C14H19ClN2O4S/c1-5-6-16-14(18)9-17(22(4,19)20)12-7-10(2)11(15)8-13(12)21-3/h5,7-8H,1,6,9H2,2-4H3,(H,16,18). The maximum absolute atomic E-state index is 12.0. The van der Waals surface area contributed by atoms with Crippen molar-refractivity contribution in [2.24, 2.45) is 0 Å². The summed E-state index contributed by atoms with van der Waals surface area (Å²) in [6, 6.07) is 3.09. The molecular weight excluding hydrogens is 328 g/mol. The number of rotatable bonds is 7. The molecule has 0 heterocycles. The van der Waals surface area contributed by atoms with Gasteiger partial charge >= 0.3 is 0 Å². The second kappa shape index (κ2) is 7.51. The Morgan fingerprint density at radius 1 is 1.50 bits per heavy atom. The molecule has 0 aromatic heterocycles. The third-order valence-electron chi connectivity index (χ3n) is 2.86. The molecule has 0 unspecified atom stereocenters. The van der Waals surface area contributed by atoms with Crippen LogP contribution in [0.25, 0.3) is 0 Å². The van der Waals surface area contributed by atoms with Gasteiger partial charge in [0.2, 0.25) is 15.9 Å². The molecule has 0 spiro atoms. The zero-order valence-electron chi connectivity index (χ0n) is 12.7. The third-order valence-corrected chi connectivity index (χ3v) is 4.39. The lowest BCUT2D eigenvalue weighted by Gasteiger charge is -2.24. The highest BCUT2D eigenvalue weighted by Gasteiger charge is 2.24. The third kappa shape index (κ3) is 4.64. The predicted molar refractivity (Wildman–Crippen MR) is 88.1 cm³/mol. The Labute approximate surface area is 135 Å². The number of hydrogen-bond donors (Lipinski definition) is 1. The van der Waals surface area contributed by atoms with Gasteiger partial charge in [-0.1, -0.05) is 17.7 Å². The molecule has 0 saturated carbocycles. The highest BCUT2D eigenvalue weighted by molar-refractivity contribution is 7.92. The Kier molecular flexibility index (Phi) is 6.25. The highest BCUT2D eigenvalue weighted by Crippen LogP contribution is 2.34. The van der Waals surface area contributed by atoms with Gasteiger partial charge in [0.15, 0.2) is 0 Å². The summed E-state index contributed by atoms with van der Waals surface area (Å²) >= 11 is 6.02. The summed E-state index contributed by atoms with van der Waals surface area (Å²) in [5, 5.41) is 2.99. The smallest absolute Gasteiger partial charge is 0.241 e. The van der Waals surface area contributed by atoms with Crippen molar-refractivity contribution in [2.75, 3.05) is 30.8 Å². The Bertz CT molecular complexity index is 674. The Balaban J connectivity index is 3.26. The summed E-state index contributed by atoms with van der Waals surface area (Å²) in [4.78, 5) is 11.9. The zero-order valence-corrected chi connectivity index (χ0v) is 14.3. The molecule has 1 aromatic carbocycles. The average Bonchev–Trinajstić information content (AvgIpc) is 2.44. The maximum Gasteiger partial charge on any atom is 0.241 e. The minimum absolute atomic E-state index is 0.257. The fourth-order valence-electron chi connectivity index (χ4n) is 1.76. The van der Waals surface area contributed by atoms with Crippen LogP contribution in [0.2, 0.25) is 5.02 Å². The van der Waals surface area contributed by atoms with Crippen LogP contribution in [0.3, 0.4) is 0 Å². The summed E-state index contributed by atoms with van der Waals surface area (Å²) in [6.07, 6.45) is 2.53. The van der Waals surface area contributed by atoms with E-state index in [0.717, 1.165) is 10.6 Å². The molecule has 0 radical (unpaired) electrons. The summed E-state index contributed by atoms with van der Waals surface area (Å²) in [6.45, 7) is 5.13. The number of nitrogens with zero attached hydrogens (tertiary/aromatic N) is 1. The molecule has 122 valence electrons. The molecular formula is C14H19ClN2O4S. The zero-order chi connectivity index (χ0) is 16.9. The van der Waals surface area contributed by atoms with Crippen molar-refractivity contribution in [3.63, 3.8) is 0 Å². The number of aryl methyl sites for hydroxylation is 1. The maximum atomic E-state index is 12.0. The van der Waals surface area contributed by atoms with Gasteiger partial charge < -0.3 is 10.1 Å². The van der Waals surface area contributed by atoms with Gasteiger partial charge in [0.25, 0.3) is 0 Å². The lowest BCUT2D eigenvalue weighted by Crippen LogP contribution is -2.40. The monoisotopic (exact) mass is 346 g/mol. The molecule has 0 aliphatic rings. The molecule has 1 rings (SSSR count). The number of benzene rings is 1. The lowest BCUT2D eigenvalue weighted by molar-refractivity contribution is -0.119. The Morgan fingerprint density at radius 2 is 2.14 bits per heavy atom. The molecule has 8 heteroatoms. The average molecular weight is 347 g/mol. The second-order valence-electron chi connectivity index (χ2n) is 4.64. The van der Waals surface area contributed by atoms with Crippen LogP contribution in [0.15, 0.2) is 24.8 Å². The molecule has 1 aromatic rings. The Hall–Kier alpha value is -1.73. The van der Waals surface area contributed by atoms with Gasteiger partial charge in [-0.05, 0) is 18.6 Å². The summed E-state index contributed by atoms with van der Waals surface area (Å²) in [5.74, 6) is -0.169. The van der Waals surface area contributed by atoms with Crippen LogP contribution in [-0.2, 0) is 14.8 Å². The van der Waals surface area contributed by atoms with Crippen LogP contribution in [0.1, 0.15) is 5.56 Å². The molecule has 0 aliphatic heterocycles. The van der Waals surface area contributed by atoms with E-state index in [4.69, 9.17) is 16.3 Å². The second-order valence-corrected chi connectivity index (χ2v) is 6.95. The molecule has 0 bridgehead atoms. The van der Waals surface area contributed by atoms with Crippen molar-refractivity contribution in [3.8, 4) is 5.75 Å². The van der Waals surface area contributed by atoms with Crippen LogP contribution in [0.4, 0.5) is 5.69 Å². The van der Waals surface area contributed by atoms with E-state index in [1.807, 2.05) is 0 Å². The van der Waals surface area contributed by atoms with Crippen molar-refractivity contribution in [1.29, 1.82) is 0 Å². The van der Waals surface area contributed by atoms with Crippen molar-refractivity contribution in [3.05, 3.63) is 35.4 Å². The predicted octanol–water partition coefficient (Wildman–Crippen LogP) is 1.73. The molecule has 1 N–H and O–H groups in total. The van der Waals surface area contributed by atoms with Crippen LogP contribution < -0.4 is 14.4 Å². The molecule has 0 atom stereocenters. The van der Waals surface area contributed by atoms with E-state index in [0.29, 0.717) is 10.6 Å². The lowest BCUT2D eigenvalue weighted by atomic mass is 10.2. The minimum Gasteiger partial charge on any atom is -0.494 e. The van der Waals surface area contributed by atoms with Gasteiger partial charge in [0, 0.05) is 17.6 Å².